The molecule has 0 saturated carbocycles. The van der Waals surface area contributed by atoms with E-state index in [0.717, 1.165) is 0 Å². The number of carboxylic acids is 1. The van der Waals surface area contributed by atoms with Gasteiger partial charge in [-0.3, -0.25) is 0 Å². The van der Waals surface area contributed by atoms with Crippen LogP contribution in [0.4, 0.5) is 0 Å². The summed E-state index contributed by atoms with van der Waals surface area (Å²) >= 11 is 1.30. The molecule has 2 heterocycles. The predicted octanol–water partition coefficient (Wildman–Crippen LogP) is 1.65. The lowest BCUT2D eigenvalue weighted by Crippen LogP contribution is -1.94. The van der Waals surface area contributed by atoms with E-state index in [0.29, 0.717) is 16.7 Å². The van der Waals surface area contributed by atoms with Crippen LogP contribution in [0.15, 0.2) is 32.7 Å². The summed E-state index contributed by atoms with van der Waals surface area (Å²) in [5.74, 6) is -0.206. The number of oxazole rings is 1. The Balaban J connectivity index is 1.96. The summed E-state index contributed by atoms with van der Waals surface area (Å²) in [6, 6.07) is 1.37. The van der Waals surface area contributed by atoms with Gasteiger partial charge in [0.05, 0.1) is 11.9 Å². The number of hydrogen-bond donors (Lipinski definition) is 1. The standard InChI is InChI=1S/C8H6N2O4S/c11-7(12)6-3-5(14-10-6)4-15-8-9-1-2-13-8/h1-3H,4H2,(H,11,12). The van der Waals surface area contributed by atoms with Gasteiger partial charge in [0.25, 0.3) is 5.22 Å². The molecule has 0 aliphatic carbocycles. The smallest absolute Gasteiger partial charge is 0.358 e. The summed E-state index contributed by atoms with van der Waals surface area (Å²) in [7, 11) is 0. The van der Waals surface area contributed by atoms with Crippen molar-refractivity contribution >= 4 is 17.7 Å². The number of aromatic carboxylic acids is 1. The molecule has 7 heteroatoms. The summed E-state index contributed by atoms with van der Waals surface area (Å²) in [6.45, 7) is 0. The second-order valence-corrected chi connectivity index (χ2v) is 3.50. The fraction of sp³-hybridized carbons (Fsp3) is 0.125. The van der Waals surface area contributed by atoms with Gasteiger partial charge >= 0.3 is 5.97 Å². The highest BCUT2D eigenvalue weighted by atomic mass is 32.2. The number of hydrogen-bond acceptors (Lipinski definition) is 6. The van der Waals surface area contributed by atoms with Crippen LogP contribution in [0.25, 0.3) is 0 Å². The average molecular weight is 226 g/mol. The highest BCUT2D eigenvalue weighted by Crippen LogP contribution is 2.20. The number of thioether (sulfide) groups is 1. The Labute approximate surface area is 88.3 Å². The van der Waals surface area contributed by atoms with Crippen LogP contribution in [0.3, 0.4) is 0 Å². The molecule has 78 valence electrons. The van der Waals surface area contributed by atoms with E-state index in [1.807, 2.05) is 0 Å². The van der Waals surface area contributed by atoms with Crippen LogP contribution in [0.1, 0.15) is 16.2 Å². The first-order valence-corrected chi connectivity index (χ1v) is 4.95. The van der Waals surface area contributed by atoms with Gasteiger partial charge in [-0.2, -0.15) is 0 Å². The summed E-state index contributed by atoms with van der Waals surface area (Å²) in [4.78, 5) is 14.4. The minimum absolute atomic E-state index is 0.0991. The zero-order chi connectivity index (χ0) is 10.7. The largest absolute Gasteiger partial charge is 0.476 e. The van der Waals surface area contributed by atoms with Gasteiger partial charge in [0, 0.05) is 6.07 Å². The third-order valence-corrected chi connectivity index (χ3v) is 2.40. The highest BCUT2D eigenvalue weighted by molar-refractivity contribution is 7.98. The first-order chi connectivity index (χ1) is 7.25. The van der Waals surface area contributed by atoms with E-state index in [2.05, 4.69) is 10.1 Å². The molecule has 1 N–H and O–H groups in total. The van der Waals surface area contributed by atoms with Crippen molar-refractivity contribution < 1.29 is 18.8 Å². The van der Waals surface area contributed by atoms with Crippen molar-refractivity contribution in [3.05, 3.63) is 30.0 Å². The van der Waals surface area contributed by atoms with Gasteiger partial charge in [-0.1, -0.05) is 16.9 Å². The molecule has 0 radical (unpaired) electrons. The second-order valence-electron chi connectivity index (χ2n) is 2.57. The van der Waals surface area contributed by atoms with Crippen molar-refractivity contribution in [1.29, 1.82) is 0 Å². The number of rotatable bonds is 4. The van der Waals surface area contributed by atoms with Crippen LogP contribution in [0, 0.1) is 0 Å². The third-order valence-electron chi connectivity index (χ3n) is 1.53. The van der Waals surface area contributed by atoms with Crippen LogP contribution < -0.4 is 0 Å². The van der Waals surface area contributed by atoms with E-state index >= 15 is 0 Å². The molecule has 2 aromatic heterocycles. The Morgan fingerprint density at radius 3 is 3.07 bits per heavy atom. The topological polar surface area (TPSA) is 89.4 Å². The maximum absolute atomic E-state index is 10.5. The summed E-state index contributed by atoms with van der Waals surface area (Å²) in [6.07, 6.45) is 3.00. The van der Waals surface area contributed by atoms with Gasteiger partial charge in [-0.15, -0.1) is 0 Å². The lowest BCUT2D eigenvalue weighted by atomic mass is 10.4. The van der Waals surface area contributed by atoms with Crippen LogP contribution in [-0.2, 0) is 5.75 Å². The Kier molecular flexibility index (Phi) is 2.72. The molecule has 2 aromatic rings. The Hall–Kier alpha value is -1.76. The molecule has 0 aliphatic heterocycles. The molecule has 0 spiro atoms. The Morgan fingerprint density at radius 2 is 2.47 bits per heavy atom. The first kappa shape index (κ1) is 9.78. The lowest BCUT2D eigenvalue weighted by Gasteiger charge is -1.89. The van der Waals surface area contributed by atoms with Gasteiger partial charge in [0.15, 0.2) is 5.69 Å². The maximum atomic E-state index is 10.5. The molecular weight excluding hydrogens is 220 g/mol. The van der Waals surface area contributed by atoms with E-state index in [-0.39, 0.29) is 5.69 Å². The number of carboxylic acid groups (broad SMARTS) is 1. The Bertz CT molecular complexity index is 451. The monoisotopic (exact) mass is 226 g/mol. The fourth-order valence-corrected chi connectivity index (χ4v) is 1.56. The summed E-state index contributed by atoms with van der Waals surface area (Å²) in [5, 5.41) is 12.5. The SMILES string of the molecule is O=C(O)c1cc(CSc2ncco2)on1. The zero-order valence-electron chi connectivity index (χ0n) is 7.41. The summed E-state index contributed by atoms with van der Waals surface area (Å²) < 4.78 is 9.79. The molecule has 2 rings (SSSR count). The first-order valence-electron chi connectivity index (χ1n) is 3.97. The molecule has 0 aromatic carbocycles. The van der Waals surface area contributed by atoms with E-state index in [1.165, 1.54) is 30.3 Å². The number of carbonyl (C=O) groups is 1. The number of nitrogens with zero attached hydrogens (tertiary/aromatic N) is 2. The van der Waals surface area contributed by atoms with Crippen molar-refractivity contribution in [3.8, 4) is 0 Å². The van der Waals surface area contributed by atoms with Crippen molar-refractivity contribution in [2.24, 2.45) is 0 Å². The van der Waals surface area contributed by atoms with E-state index in [9.17, 15) is 4.79 Å². The lowest BCUT2D eigenvalue weighted by molar-refractivity contribution is 0.0685. The molecule has 0 aliphatic rings. The Morgan fingerprint density at radius 1 is 1.60 bits per heavy atom. The normalized spacial score (nSPS) is 10.4. The van der Waals surface area contributed by atoms with Crippen LogP contribution in [0.2, 0.25) is 0 Å². The molecule has 6 nitrogen and oxygen atoms in total. The third kappa shape index (κ3) is 2.38. The minimum Gasteiger partial charge on any atom is -0.476 e. The van der Waals surface area contributed by atoms with Gasteiger partial charge < -0.3 is 14.0 Å². The molecule has 0 atom stereocenters. The quantitative estimate of drug-likeness (QED) is 0.792. The van der Waals surface area contributed by atoms with Gasteiger partial charge in [-0.05, 0) is 0 Å². The molecule has 0 saturated heterocycles. The predicted molar refractivity (Wildman–Crippen MR) is 49.5 cm³/mol. The number of aromatic nitrogens is 2. The molecule has 0 unspecified atom stereocenters. The van der Waals surface area contributed by atoms with Gasteiger partial charge in [0.2, 0.25) is 0 Å². The van der Waals surface area contributed by atoms with Gasteiger partial charge in [0.1, 0.15) is 12.0 Å². The minimum atomic E-state index is -1.11. The summed E-state index contributed by atoms with van der Waals surface area (Å²) in [5.41, 5.74) is -0.0991. The van der Waals surface area contributed by atoms with Crippen molar-refractivity contribution in [1.82, 2.24) is 10.1 Å². The van der Waals surface area contributed by atoms with Crippen LogP contribution in [0.5, 0.6) is 0 Å². The van der Waals surface area contributed by atoms with E-state index < -0.39 is 5.97 Å². The maximum Gasteiger partial charge on any atom is 0.358 e. The fourth-order valence-electron chi connectivity index (χ4n) is 0.896. The molecule has 0 fully saturated rings. The zero-order valence-corrected chi connectivity index (χ0v) is 8.23. The van der Waals surface area contributed by atoms with E-state index in [1.54, 1.807) is 0 Å². The van der Waals surface area contributed by atoms with Gasteiger partial charge in [-0.25, -0.2) is 9.78 Å². The molecule has 0 amide bonds. The van der Waals surface area contributed by atoms with Crippen molar-refractivity contribution in [2.45, 2.75) is 11.0 Å². The second kappa shape index (κ2) is 4.18. The van der Waals surface area contributed by atoms with Crippen molar-refractivity contribution in [3.63, 3.8) is 0 Å². The average Bonchev–Trinajstić information content (AvgIpc) is 2.86. The van der Waals surface area contributed by atoms with E-state index in [4.69, 9.17) is 14.0 Å². The van der Waals surface area contributed by atoms with Crippen LogP contribution >= 0.6 is 11.8 Å². The molecular formula is C8H6N2O4S. The molecule has 0 bridgehead atoms. The highest BCUT2D eigenvalue weighted by Gasteiger charge is 2.11. The molecule has 15 heavy (non-hydrogen) atoms. The van der Waals surface area contributed by atoms with Crippen LogP contribution in [-0.4, -0.2) is 21.2 Å². The van der Waals surface area contributed by atoms with Crippen molar-refractivity contribution in [2.75, 3.05) is 0 Å².